The monoisotopic (exact) mass is 456 g/mol. The zero-order valence-corrected chi connectivity index (χ0v) is 17.7. The van der Waals surface area contributed by atoms with Gasteiger partial charge in [-0.05, 0) is 54.1 Å². The van der Waals surface area contributed by atoms with Gasteiger partial charge < -0.3 is 10.1 Å². The minimum absolute atomic E-state index is 0.0839. The van der Waals surface area contributed by atoms with Crippen molar-refractivity contribution in [2.75, 3.05) is 11.9 Å². The molecule has 3 aromatic rings. The molecular formula is C22H17ClN2O5S. The number of nitro benzene ring substituents is 1. The average Bonchev–Trinajstić information content (AvgIpc) is 2.78. The fraction of sp³-hybridized carbons (Fsp3) is 0.0909. The number of rotatable bonds is 8. The summed E-state index contributed by atoms with van der Waals surface area (Å²) < 4.78 is 5.03. The number of anilines is 1. The van der Waals surface area contributed by atoms with Gasteiger partial charge in [-0.2, -0.15) is 0 Å². The molecule has 0 aromatic heterocycles. The molecule has 0 heterocycles. The molecule has 0 aliphatic heterocycles. The molecule has 1 N–H and O–H groups in total. The second-order valence-corrected chi connectivity index (χ2v) is 7.85. The predicted octanol–water partition coefficient (Wildman–Crippen LogP) is 5.34. The molecular weight excluding hydrogens is 440 g/mol. The third kappa shape index (κ3) is 6.84. The zero-order chi connectivity index (χ0) is 22.2. The van der Waals surface area contributed by atoms with Gasteiger partial charge in [-0.3, -0.25) is 14.9 Å². The van der Waals surface area contributed by atoms with E-state index in [1.807, 2.05) is 36.4 Å². The van der Waals surface area contributed by atoms with Crippen molar-refractivity contribution in [2.45, 2.75) is 10.6 Å². The first-order chi connectivity index (χ1) is 14.9. The Labute approximate surface area is 187 Å². The molecule has 3 aromatic carbocycles. The summed E-state index contributed by atoms with van der Waals surface area (Å²) in [5.41, 5.74) is 1.66. The van der Waals surface area contributed by atoms with Crippen molar-refractivity contribution >= 4 is 46.6 Å². The number of thioether (sulfide) groups is 1. The van der Waals surface area contributed by atoms with Gasteiger partial charge in [0.25, 0.3) is 11.6 Å². The SMILES string of the molecule is O=C(COC(=O)c1ccc(CSc2ccc(Cl)cc2)cc1)Nc1ccc([N+](=O)[O-])cc1. The smallest absolute Gasteiger partial charge is 0.338 e. The van der Waals surface area contributed by atoms with Crippen LogP contribution in [0.3, 0.4) is 0 Å². The normalized spacial score (nSPS) is 10.4. The highest BCUT2D eigenvalue weighted by molar-refractivity contribution is 7.98. The third-order valence-corrected chi connectivity index (χ3v) is 5.44. The molecule has 0 aliphatic rings. The largest absolute Gasteiger partial charge is 0.452 e. The molecule has 0 unspecified atom stereocenters. The second-order valence-electron chi connectivity index (χ2n) is 6.37. The van der Waals surface area contributed by atoms with Crippen molar-refractivity contribution in [2.24, 2.45) is 0 Å². The van der Waals surface area contributed by atoms with Crippen molar-refractivity contribution < 1.29 is 19.2 Å². The molecule has 0 saturated carbocycles. The summed E-state index contributed by atoms with van der Waals surface area (Å²) in [6.07, 6.45) is 0. The zero-order valence-electron chi connectivity index (χ0n) is 16.1. The van der Waals surface area contributed by atoms with Gasteiger partial charge in [0.05, 0.1) is 10.5 Å². The van der Waals surface area contributed by atoms with Crippen LogP contribution in [-0.2, 0) is 15.3 Å². The van der Waals surface area contributed by atoms with E-state index in [1.165, 1.54) is 24.3 Å². The summed E-state index contributed by atoms with van der Waals surface area (Å²) in [4.78, 5) is 35.3. The predicted molar refractivity (Wildman–Crippen MR) is 119 cm³/mol. The van der Waals surface area contributed by atoms with E-state index in [1.54, 1.807) is 23.9 Å². The summed E-state index contributed by atoms with van der Waals surface area (Å²) in [6.45, 7) is -0.468. The molecule has 3 rings (SSSR count). The van der Waals surface area contributed by atoms with Crippen molar-refractivity contribution in [3.63, 3.8) is 0 Å². The van der Waals surface area contributed by atoms with Crippen molar-refractivity contribution in [1.29, 1.82) is 0 Å². The number of non-ortho nitro benzene ring substituents is 1. The molecule has 0 fully saturated rings. The van der Waals surface area contributed by atoms with Crippen LogP contribution in [0.25, 0.3) is 0 Å². The lowest BCUT2D eigenvalue weighted by molar-refractivity contribution is -0.384. The maximum Gasteiger partial charge on any atom is 0.338 e. The first-order valence-electron chi connectivity index (χ1n) is 9.09. The molecule has 0 bridgehead atoms. The minimum atomic E-state index is -0.615. The number of esters is 1. The van der Waals surface area contributed by atoms with Crippen molar-refractivity contribution in [3.05, 3.63) is 99.1 Å². The number of ether oxygens (including phenoxy) is 1. The number of amides is 1. The molecule has 0 saturated heterocycles. The number of hydrogen-bond donors (Lipinski definition) is 1. The summed E-state index contributed by atoms with van der Waals surface area (Å²) in [6, 6.07) is 19.9. The number of halogens is 1. The highest BCUT2D eigenvalue weighted by atomic mass is 35.5. The topological polar surface area (TPSA) is 98.5 Å². The Morgan fingerprint density at radius 3 is 2.23 bits per heavy atom. The van der Waals surface area contributed by atoms with Gasteiger partial charge in [0.2, 0.25) is 0 Å². The Bertz CT molecular complexity index is 1070. The highest BCUT2D eigenvalue weighted by Crippen LogP contribution is 2.24. The van der Waals surface area contributed by atoms with E-state index in [9.17, 15) is 19.7 Å². The Morgan fingerprint density at radius 1 is 0.968 bits per heavy atom. The summed E-state index contributed by atoms with van der Waals surface area (Å²) >= 11 is 7.53. The van der Waals surface area contributed by atoms with Crippen LogP contribution in [-0.4, -0.2) is 23.4 Å². The van der Waals surface area contributed by atoms with Crippen LogP contribution in [0, 0.1) is 10.1 Å². The summed E-state index contributed by atoms with van der Waals surface area (Å²) in [5, 5.41) is 13.8. The molecule has 158 valence electrons. The van der Waals surface area contributed by atoms with Gasteiger partial charge in [-0.15, -0.1) is 11.8 Å². The molecule has 0 atom stereocenters. The van der Waals surface area contributed by atoms with Crippen molar-refractivity contribution in [3.8, 4) is 0 Å². The van der Waals surface area contributed by atoms with Crippen LogP contribution >= 0.6 is 23.4 Å². The number of nitrogens with zero attached hydrogens (tertiary/aromatic N) is 1. The third-order valence-electron chi connectivity index (χ3n) is 4.11. The van der Waals surface area contributed by atoms with E-state index < -0.39 is 23.4 Å². The van der Waals surface area contributed by atoms with E-state index in [0.29, 0.717) is 16.3 Å². The average molecular weight is 457 g/mol. The van der Waals surface area contributed by atoms with Gasteiger partial charge in [-0.1, -0.05) is 23.7 Å². The lowest BCUT2D eigenvalue weighted by Gasteiger charge is -2.07. The number of nitrogens with one attached hydrogen (secondary N) is 1. The first-order valence-corrected chi connectivity index (χ1v) is 10.5. The second kappa shape index (κ2) is 10.6. The standard InChI is InChI=1S/C22H17ClN2O5S/c23-17-5-11-20(12-6-17)31-14-15-1-3-16(4-2-15)22(27)30-13-21(26)24-18-7-9-19(10-8-18)25(28)29/h1-12H,13-14H2,(H,24,26). The van der Waals surface area contributed by atoms with E-state index in [4.69, 9.17) is 16.3 Å². The lowest BCUT2D eigenvalue weighted by Crippen LogP contribution is -2.20. The maximum absolute atomic E-state index is 12.1. The van der Waals surface area contributed by atoms with E-state index in [-0.39, 0.29) is 5.69 Å². The number of hydrogen-bond acceptors (Lipinski definition) is 6. The van der Waals surface area contributed by atoms with E-state index in [2.05, 4.69) is 5.32 Å². The number of carbonyl (C=O) groups excluding carboxylic acids is 2. The van der Waals surface area contributed by atoms with Gasteiger partial charge in [0, 0.05) is 33.5 Å². The molecule has 0 aliphatic carbocycles. The van der Waals surface area contributed by atoms with Crippen LogP contribution < -0.4 is 5.32 Å². The van der Waals surface area contributed by atoms with Gasteiger partial charge in [0.1, 0.15) is 0 Å². The van der Waals surface area contributed by atoms with Crippen molar-refractivity contribution in [1.82, 2.24) is 0 Å². The molecule has 1 amide bonds. The van der Waals surface area contributed by atoms with Gasteiger partial charge in [-0.25, -0.2) is 4.79 Å². The van der Waals surface area contributed by atoms with Crippen LogP contribution in [0.4, 0.5) is 11.4 Å². The van der Waals surface area contributed by atoms with Crippen LogP contribution in [0.2, 0.25) is 5.02 Å². The summed E-state index contributed by atoms with van der Waals surface area (Å²) in [7, 11) is 0. The quantitative estimate of drug-likeness (QED) is 0.213. The molecule has 7 nitrogen and oxygen atoms in total. The fourth-order valence-corrected chi connectivity index (χ4v) is 3.49. The highest BCUT2D eigenvalue weighted by Gasteiger charge is 2.11. The lowest BCUT2D eigenvalue weighted by atomic mass is 10.1. The number of nitro groups is 1. The number of benzene rings is 3. The fourth-order valence-electron chi connectivity index (χ4n) is 2.51. The summed E-state index contributed by atoms with van der Waals surface area (Å²) in [5.74, 6) is -0.428. The molecule has 9 heteroatoms. The Kier molecular flexibility index (Phi) is 7.64. The van der Waals surface area contributed by atoms with Gasteiger partial charge in [0.15, 0.2) is 6.61 Å². The van der Waals surface area contributed by atoms with Crippen LogP contribution in [0.5, 0.6) is 0 Å². The molecule has 0 spiro atoms. The minimum Gasteiger partial charge on any atom is -0.452 e. The first kappa shape index (κ1) is 22.3. The Hall–Kier alpha value is -3.36. The van der Waals surface area contributed by atoms with Gasteiger partial charge >= 0.3 is 5.97 Å². The molecule has 0 radical (unpaired) electrons. The van der Waals surface area contributed by atoms with E-state index >= 15 is 0 Å². The maximum atomic E-state index is 12.1. The number of carbonyl (C=O) groups is 2. The van der Waals surface area contributed by atoms with Crippen LogP contribution in [0.1, 0.15) is 15.9 Å². The Balaban J connectivity index is 1.45. The van der Waals surface area contributed by atoms with E-state index in [0.717, 1.165) is 16.2 Å². The van der Waals surface area contributed by atoms with Crippen LogP contribution in [0.15, 0.2) is 77.7 Å². The Morgan fingerprint density at radius 2 is 1.61 bits per heavy atom. The molecule has 31 heavy (non-hydrogen) atoms.